The predicted octanol–water partition coefficient (Wildman–Crippen LogP) is 2.54. The van der Waals surface area contributed by atoms with Crippen molar-refractivity contribution < 1.29 is 14.6 Å². The summed E-state index contributed by atoms with van der Waals surface area (Å²) in [4.78, 5) is 16.3. The van der Waals surface area contributed by atoms with E-state index in [0.717, 1.165) is 0 Å². The third-order valence-corrected chi connectivity index (χ3v) is 3.00. The summed E-state index contributed by atoms with van der Waals surface area (Å²) in [6, 6.07) is 10.1. The lowest BCUT2D eigenvalue weighted by atomic mass is 10.1. The van der Waals surface area contributed by atoms with Crippen molar-refractivity contribution >= 4 is 5.91 Å². The van der Waals surface area contributed by atoms with Gasteiger partial charge in [-0.1, -0.05) is 18.2 Å². The third-order valence-electron chi connectivity index (χ3n) is 3.00. The Morgan fingerprint density at radius 2 is 2.18 bits per heavy atom. The van der Waals surface area contributed by atoms with Crippen molar-refractivity contribution in [1.82, 2.24) is 10.3 Å². The SMILES string of the molecule is C=CC[C@@H](CO)NC(=O)c1ccccc1Oc1cccnc1. The number of nitrogens with zero attached hydrogens (tertiary/aromatic N) is 1. The first-order valence-corrected chi connectivity index (χ1v) is 6.94. The molecule has 5 nitrogen and oxygen atoms in total. The quantitative estimate of drug-likeness (QED) is 0.771. The first-order chi connectivity index (χ1) is 10.7. The smallest absolute Gasteiger partial charge is 0.255 e. The normalized spacial score (nSPS) is 11.5. The van der Waals surface area contributed by atoms with Crippen LogP contribution in [0.25, 0.3) is 0 Å². The summed E-state index contributed by atoms with van der Waals surface area (Å²) in [5, 5.41) is 12.0. The van der Waals surface area contributed by atoms with Gasteiger partial charge in [0.25, 0.3) is 5.91 Å². The van der Waals surface area contributed by atoms with Crippen molar-refractivity contribution in [2.75, 3.05) is 6.61 Å². The fourth-order valence-corrected chi connectivity index (χ4v) is 1.92. The van der Waals surface area contributed by atoms with E-state index in [1.807, 2.05) is 0 Å². The molecule has 1 heterocycles. The maximum Gasteiger partial charge on any atom is 0.255 e. The topological polar surface area (TPSA) is 71.5 Å². The molecule has 0 radical (unpaired) electrons. The molecule has 0 unspecified atom stereocenters. The predicted molar refractivity (Wildman–Crippen MR) is 83.9 cm³/mol. The molecule has 2 rings (SSSR count). The summed E-state index contributed by atoms with van der Waals surface area (Å²) < 4.78 is 5.70. The molecule has 1 aromatic carbocycles. The summed E-state index contributed by atoms with van der Waals surface area (Å²) in [6.45, 7) is 3.46. The molecule has 0 aliphatic heterocycles. The number of aliphatic hydroxyl groups excluding tert-OH is 1. The van der Waals surface area contributed by atoms with Gasteiger partial charge in [0.2, 0.25) is 0 Å². The van der Waals surface area contributed by atoms with Crippen LogP contribution in [-0.2, 0) is 0 Å². The van der Waals surface area contributed by atoms with Gasteiger partial charge >= 0.3 is 0 Å². The van der Waals surface area contributed by atoms with Crippen LogP contribution in [0, 0.1) is 0 Å². The molecule has 0 aliphatic carbocycles. The van der Waals surface area contributed by atoms with E-state index >= 15 is 0 Å². The third kappa shape index (κ3) is 4.17. The zero-order valence-corrected chi connectivity index (χ0v) is 12.1. The van der Waals surface area contributed by atoms with Gasteiger partial charge in [0.15, 0.2) is 0 Å². The highest BCUT2D eigenvalue weighted by Crippen LogP contribution is 2.24. The molecule has 0 aliphatic rings. The van der Waals surface area contributed by atoms with E-state index in [0.29, 0.717) is 23.5 Å². The Kier molecular flexibility index (Phi) is 5.68. The summed E-state index contributed by atoms with van der Waals surface area (Å²) in [5.41, 5.74) is 0.397. The number of pyridine rings is 1. The van der Waals surface area contributed by atoms with E-state index in [2.05, 4.69) is 16.9 Å². The van der Waals surface area contributed by atoms with E-state index in [9.17, 15) is 9.90 Å². The number of ether oxygens (including phenoxy) is 1. The molecule has 0 bridgehead atoms. The van der Waals surface area contributed by atoms with Crippen LogP contribution in [0.1, 0.15) is 16.8 Å². The molecule has 1 atom stereocenters. The molecular weight excluding hydrogens is 280 g/mol. The van der Waals surface area contributed by atoms with E-state index < -0.39 is 0 Å². The number of rotatable bonds is 7. The standard InChI is InChI=1S/C17H18N2O3/c1-2-6-13(12-20)19-17(21)15-8-3-4-9-16(15)22-14-7-5-10-18-11-14/h2-5,7-11,13,20H,1,6,12H2,(H,19,21)/t13-/m0/s1. The molecular formula is C17H18N2O3. The molecule has 22 heavy (non-hydrogen) atoms. The Morgan fingerprint density at radius 3 is 2.86 bits per heavy atom. The number of hydrogen-bond acceptors (Lipinski definition) is 4. The van der Waals surface area contributed by atoms with Gasteiger partial charge < -0.3 is 15.2 Å². The summed E-state index contributed by atoms with van der Waals surface area (Å²) >= 11 is 0. The monoisotopic (exact) mass is 298 g/mol. The van der Waals surface area contributed by atoms with Crippen molar-refractivity contribution in [3.05, 3.63) is 67.0 Å². The van der Waals surface area contributed by atoms with Crippen LogP contribution in [0.3, 0.4) is 0 Å². The minimum Gasteiger partial charge on any atom is -0.455 e. The van der Waals surface area contributed by atoms with Crippen molar-refractivity contribution in [1.29, 1.82) is 0 Å². The lowest BCUT2D eigenvalue weighted by Gasteiger charge is -2.16. The highest BCUT2D eigenvalue weighted by atomic mass is 16.5. The molecule has 0 saturated heterocycles. The summed E-state index contributed by atoms with van der Waals surface area (Å²) in [5.74, 6) is 0.677. The average molecular weight is 298 g/mol. The van der Waals surface area contributed by atoms with E-state index in [1.165, 1.54) is 0 Å². The molecule has 1 amide bonds. The van der Waals surface area contributed by atoms with Gasteiger partial charge in [-0.15, -0.1) is 6.58 Å². The van der Waals surface area contributed by atoms with Crippen molar-refractivity contribution in [3.8, 4) is 11.5 Å². The Balaban J connectivity index is 2.17. The van der Waals surface area contributed by atoms with E-state index in [1.54, 1.807) is 54.9 Å². The van der Waals surface area contributed by atoms with Crippen molar-refractivity contribution in [2.24, 2.45) is 0 Å². The number of aliphatic hydroxyl groups is 1. The number of hydrogen-bond donors (Lipinski definition) is 2. The van der Waals surface area contributed by atoms with Crippen LogP contribution in [0.15, 0.2) is 61.4 Å². The maximum atomic E-state index is 12.3. The van der Waals surface area contributed by atoms with Crippen LogP contribution in [0.2, 0.25) is 0 Å². The van der Waals surface area contributed by atoms with Crippen molar-refractivity contribution in [3.63, 3.8) is 0 Å². The van der Waals surface area contributed by atoms with Gasteiger partial charge in [0.1, 0.15) is 11.5 Å². The molecule has 0 spiro atoms. The number of nitrogens with one attached hydrogen (secondary N) is 1. The van der Waals surface area contributed by atoms with Gasteiger partial charge in [-0.25, -0.2) is 0 Å². The molecule has 0 saturated carbocycles. The number of benzene rings is 1. The zero-order chi connectivity index (χ0) is 15.8. The number of para-hydroxylation sites is 1. The Labute approximate surface area is 129 Å². The van der Waals surface area contributed by atoms with Gasteiger partial charge in [-0.2, -0.15) is 0 Å². The number of amides is 1. The Bertz CT molecular complexity index is 629. The van der Waals surface area contributed by atoms with Crippen LogP contribution >= 0.6 is 0 Å². The highest BCUT2D eigenvalue weighted by Gasteiger charge is 2.16. The fourth-order valence-electron chi connectivity index (χ4n) is 1.92. The average Bonchev–Trinajstić information content (AvgIpc) is 2.55. The molecule has 0 fully saturated rings. The Morgan fingerprint density at radius 1 is 1.36 bits per heavy atom. The van der Waals surface area contributed by atoms with Crippen LogP contribution < -0.4 is 10.1 Å². The summed E-state index contributed by atoms with van der Waals surface area (Å²) in [7, 11) is 0. The maximum absolute atomic E-state index is 12.3. The second-order valence-corrected chi connectivity index (χ2v) is 4.66. The lowest BCUT2D eigenvalue weighted by Crippen LogP contribution is -2.37. The molecule has 2 N–H and O–H groups in total. The number of carbonyl (C=O) groups excluding carboxylic acids is 1. The summed E-state index contributed by atoms with van der Waals surface area (Å²) in [6.07, 6.45) is 5.36. The van der Waals surface area contributed by atoms with E-state index in [4.69, 9.17) is 4.74 Å². The molecule has 5 heteroatoms. The Hall–Kier alpha value is -2.66. The first-order valence-electron chi connectivity index (χ1n) is 6.94. The van der Waals surface area contributed by atoms with E-state index in [-0.39, 0.29) is 18.6 Å². The minimum atomic E-state index is -0.364. The van der Waals surface area contributed by atoms with Crippen molar-refractivity contribution in [2.45, 2.75) is 12.5 Å². The molecule has 114 valence electrons. The van der Waals surface area contributed by atoms with Gasteiger partial charge in [0.05, 0.1) is 24.4 Å². The molecule has 1 aromatic heterocycles. The number of aromatic nitrogens is 1. The van der Waals surface area contributed by atoms with Crippen LogP contribution in [0.4, 0.5) is 0 Å². The largest absolute Gasteiger partial charge is 0.455 e. The second-order valence-electron chi connectivity index (χ2n) is 4.66. The zero-order valence-electron chi connectivity index (χ0n) is 12.1. The first kappa shape index (κ1) is 15.7. The highest BCUT2D eigenvalue weighted by molar-refractivity contribution is 5.97. The minimum absolute atomic E-state index is 0.149. The molecule has 2 aromatic rings. The van der Waals surface area contributed by atoms with Gasteiger partial charge in [-0.3, -0.25) is 9.78 Å². The van der Waals surface area contributed by atoms with Gasteiger partial charge in [-0.05, 0) is 30.7 Å². The number of carbonyl (C=O) groups is 1. The fraction of sp³-hybridized carbons (Fsp3) is 0.176. The van der Waals surface area contributed by atoms with Crippen LogP contribution in [0.5, 0.6) is 11.5 Å². The second kappa shape index (κ2) is 7.95. The van der Waals surface area contributed by atoms with Gasteiger partial charge in [0, 0.05) is 6.20 Å². The van der Waals surface area contributed by atoms with Crippen LogP contribution in [-0.4, -0.2) is 28.6 Å². The lowest BCUT2D eigenvalue weighted by molar-refractivity contribution is 0.0915.